The van der Waals surface area contributed by atoms with Crippen LogP contribution in [-0.4, -0.2) is 44.2 Å². The van der Waals surface area contributed by atoms with E-state index in [2.05, 4.69) is 22.2 Å². The van der Waals surface area contributed by atoms with Gasteiger partial charge >= 0.3 is 0 Å². The third-order valence-electron chi connectivity index (χ3n) is 2.94. The smallest absolute Gasteiger partial charge is 0.208 e. The molecule has 88 valence electrons. The number of ether oxygens (including phenoxy) is 1. The predicted octanol–water partition coefficient (Wildman–Crippen LogP) is 0.182. The van der Waals surface area contributed by atoms with Gasteiger partial charge in [-0.15, -0.1) is 0 Å². The van der Waals surface area contributed by atoms with E-state index in [9.17, 15) is 0 Å². The Hall–Kier alpha value is -0.810. The van der Waals surface area contributed by atoms with E-state index in [1.165, 1.54) is 12.8 Å². The molecule has 1 rings (SSSR count). The van der Waals surface area contributed by atoms with Crippen molar-refractivity contribution in [1.29, 1.82) is 0 Å². The zero-order chi connectivity index (χ0) is 11.3. The van der Waals surface area contributed by atoms with E-state index in [1.54, 1.807) is 7.11 Å². The highest BCUT2D eigenvalue weighted by Gasteiger charge is 2.31. The standard InChI is InChI=1S/C10H22N4O/c1-8(9-4-5-9)14(2)10(13-11)12-6-7-15-3/h8-9H,4-7,11H2,1-3H3,(H,12,13). The van der Waals surface area contributed by atoms with Crippen molar-refractivity contribution in [1.82, 2.24) is 10.3 Å². The van der Waals surface area contributed by atoms with Crippen molar-refractivity contribution in [2.24, 2.45) is 16.8 Å². The van der Waals surface area contributed by atoms with E-state index in [4.69, 9.17) is 10.6 Å². The van der Waals surface area contributed by atoms with Crippen molar-refractivity contribution in [3.63, 3.8) is 0 Å². The molecule has 1 unspecified atom stereocenters. The van der Waals surface area contributed by atoms with Gasteiger partial charge in [0.05, 0.1) is 13.2 Å². The first kappa shape index (κ1) is 12.3. The van der Waals surface area contributed by atoms with Crippen LogP contribution in [0, 0.1) is 5.92 Å². The van der Waals surface area contributed by atoms with E-state index < -0.39 is 0 Å². The fraction of sp³-hybridized carbons (Fsp3) is 0.900. The highest BCUT2D eigenvalue weighted by molar-refractivity contribution is 5.79. The van der Waals surface area contributed by atoms with Crippen LogP contribution in [0.2, 0.25) is 0 Å². The molecule has 1 atom stereocenters. The van der Waals surface area contributed by atoms with Crippen LogP contribution in [-0.2, 0) is 4.74 Å². The summed E-state index contributed by atoms with van der Waals surface area (Å²) in [7, 11) is 3.69. The van der Waals surface area contributed by atoms with Crippen molar-refractivity contribution in [2.75, 3.05) is 27.3 Å². The number of guanidine groups is 1. The maximum Gasteiger partial charge on any atom is 0.208 e. The van der Waals surface area contributed by atoms with E-state index in [1.807, 2.05) is 7.05 Å². The Kier molecular flexibility index (Phi) is 4.84. The molecule has 0 radical (unpaired) electrons. The minimum atomic E-state index is 0.502. The van der Waals surface area contributed by atoms with E-state index in [-0.39, 0.29) is 0 Å². The molecule has 1 aliphatic rings. The number of nitrogens with zero attached hydrogens (tertiary/aromatic N) is 2. The van der Waals surface area contributed by atoms with E-state index in [0.717, 1.165) is 11.9 Å². The molecule has 0 aromatic rings. The molecule has 1 fully saturated rings. The predicted molar refractivity (Wildman–Crippen MR) is 61.5 cm³/mol. The number of nitrogens with two attached hydrogens (primary N) is 1. The van der Waals surface area contributed by atoms with Crippen LogP contribution >= 0.6 is 0 Å². The maximum atomic E-state index is 5.45. The average Bonchev–Trinajstić information content (AvgIpc) is 3.06. The summed E-state index contributed by atoms with van der Waals surface area (Å²) in [5.41, 5.74) is 2.64. The minimum Gasteiger partial charge on any atom is -0.383 e. The Balaban J connectivity index is 2.44. The average molecular weight is 214 g/mol. The molecule has 0 aliphatic heterocycles. The highest BCUT2D eigenvalue weighted by atomic mass is 16.5. The zero-order valence-electron chi connectivity index (χ0n) is 9.86. The first-order valence-corrected chi connectivity index (χ1v) is 5.43. The Labute approximate surface area is 91.6 Å². The van der Waals surface area contributed by atoms with Gasteiger partial charge in [0, 0.05) is 20.2 Å². The first-order valence-electron chi connectivity index (χ1n) is 5.43. The largest absolute Gasteiger partial charge is 0.383 e. The summed E-state index contributed by atoms with van der Waals surface area (Å²) in [4.78, 5) is 6.45. The van der Waals surface area contributed by atoms with E-state index in [0.29, 0.717) is 19.2 Å². The molecule has 0 bridgehead atoms. The highest BCUT2D eigenvalue weighted by Crippen LogP contribution is 2.34. The Bertz CT molecular complexity index is 215. The van der Waals surface area contributed by atoms with Crippen molar-refractivity contribution in [3.8, 4) is 0 Å². The minimum absolute atomic E-state index is 0.502. The molecule has 1 aliphatic carbocycles. The van der Waals surface area contributed by atoms with Gasteiger partial charge in [-0.1, -0.05) is 0 Å². The summed E-state index contributed by atoms with van der Waals surface area (Å²) in [6.45, 7) is 3.47. The van der Waals surface area contributed by atoms with Crippen LogP contribution in [0.3, 0.4) is 0 Å². The lowest BCUT2D eigenvalue weighted by atomic mass is 10.2. The summed E-state index contributed by atoms with van der Waals surface area (Å²) in [6.07, 6.45) is 2.64. The van der Waals surface area contributed by atoms with Crippen LogP contribution in [0.5, 0.6) is 0 Å². The molecule has 5 heteroatoms. The van der Waals surface area contributed by atoms with Crippen molar-refractivity contribution in [3.05, 3.63) is 0 Å². The number of aliphatic imine (C=N–C) groups is 1. The van der Waals surface area contributed by atoms with Crippen LogP contribution in [0.1, 0.15) is 19.8 Å². The van der Waals surface area contributed by atoms with Crippen molar-refractivity contribution in [2.45, 2.75) is 25.8 Å². The third-order valence-corrected chi connectivity index (χ3v) is 2.94. The lowest BCUT2D eigenvalue weighted by Crippen LogP contribution is -2.47. The quantitative estimate of drug-likeness (QED) is 0.225. The van der Waals surface area contributed by atoms with Gasteiger partial charge in [0.2, 0.25) is 5.96 Å². The number of hydrogen-bond acceptors (Lipinski definition) is 3. The van der Waals surface area contributed by atoms with E-state index >= 15 is 0 Å². The van der Waals surface area contributed by atoms with Crippen molar-refractivity contribution >= 4 is 5.96 Å². The van der Waals surface area contributed by atoms with Crippen LogP contribution < -0.4 is 11.3 Å². The lowest BCUT2D eigenvalue weighted by molar-refractivity contribution is 0.207. The monoisotopic (exact) mass is 214 g/mol. The van der Waals surface area contributed by atoms with Gasteiger partial charge in [0.1, 0.15) is 0 Å². The second-order valence-corrected chi connectivity index (χ2v) is 4.03. The van der Waals surface area contributed by atoms with Gasteiger partial charge in [0.25, 0.3) is 0 Å². The summed E-state index contributed by atoms with van der Waals surface area (Å²) in [5.74, 6) is 6.99. The molecular formula is C10H22N4O. The van der Waals surface area contributed by atoms with Gasteiger partial charge in [-0.2, -0.15) is 0 Å². The molecule has 0 aromatic heterocycles. The summed E-state index contributed by atoms with van der Waals surface area (Å²) in [6, 6.07) is 0.502. The zero-order valence-corrected chi connectivity index (χ0v) is 9.86. The number of hydrazine groups is 1. The van der Waals surface area contributed by atoms with Gasteiger partial charge in [-0.25, -0.2) is 10.8 Å². The number of nitrogens with one attached hydrogen (secondary N) is 1. The molecule has 15 heavy (non-hydrogen) atoms. The number of hydrogen-bond donors (Lipinski definition) is 2. The third kappa shape index (κ3) is 3.68. The van der Waals surface area contributed by atoms with Crippen LogP contribution in [0.25, 0.3) is 0 Å². The van der Waals surface area contributed by atoms with Gasteiger partial charge in [-0.05, 0) is 25.7 Å². The maximum absolute atomic E-state index is 5.45. The second kappa shape index (κ2) is 5.92. The van der Waals surface area contributed by atoms with Gasteiger partial charge < -0.3 is 9.64 Å². The number of rotatable bonds is 5. The van der Waals surface area contributed by atoms with Crippen LogP contribution in [0.4, 0.5) is 0 Å². The fourth-order valence-corrected chi connectivity index (χ4v) is 1.59. The SMILES string of the molecule is COCCN=C(NN)N(C)C(C)C1CC1. The van der Waals surface area contributed by atoms with Gasteiger partial charge in [0.15, 0.2) is 0 Å². The molecule has 0 saturated heterocycles. The molecular weight excluding hydrogens is 192 g/mol. The molecule has 0 amide bonds. The van der Waals surface area contributed by atoms with Gasteiger partial charge in [-0.3, -0.25) is 5.43 Å². The molecule has 1 saturated carbocycles. The van der Waals surface area contributed by atoms with Crippen molar-refractivity contribution < 1.29 is 4.74 Å². The summed E-state index contributed by atoms with van der Waals surface area (Å²) < 4.78 is 4.94. The first-order chi connectivity index (χ1) is 7.20. The Morgan fingerprint density at radius 1 is 1.67 bits per heavy atom. The molecule has 0 aromatic carbocycles. The molecule has 5 nitrogen and oxygen atoms in total. The topological polar surface area (TPSA) is 62.9 Å². The van der Waals surface area contributed by atoms with Crippen LogP contribution in [0.15, 0.2) is 4.99 Å². The lowest BCUT2D eigenvalue weighted by Gasteiger charge is -2.27. The fourth-order valence-electron chi connectivity index (χ4n) is 1.59. The summed E-state index contributed by atoms with van der Waals surface area (Å²) in [5, 5.41) is 0. The normalized spacial score (nSPS) is 18.8. The molecule has 3 N–H and O–H groups in total. The summed E-state index contributed by atoms with van der Waals surface area (Å²) >= 11 is 0. The Morgan fingerprint density at radius 3 is 2.80 bits per heavy atom. The molecule has 0 heterocycles. The molecule has 0 spiro atoms. The second-order valence-electron chi connectivity index (χ2n) is 4.03. The Morgan fingerprint density at radius 2 is 2.33 bits per heavy atom. The number of methoxy groups -OCH3 is 1.